The maximum absolute atomic E-state index is 11.5. The van der Waals surface area contributed by atoms with Crippen LogP contribution in [0.4, 0.5) is 0 Å². The fourth-order valence-electron chi connectivity index (χ4n) is 1.00. The third kappa shape index (κ3) is 3.61. The Balaban J connectivity index is 2.37. The van der Waals surface area contributed by atoms with Gasteiger partial charge in [-0.3, -0.25) is 0 Å². The van der Waals surface area contributed by atoms with E-state index in [1.807, 2.05) is 0 Å². The first kappa shape index (κ1) is 12.2. The van der Waals surface area contributed by atoms with E-state index in [1.54, 1.807) is 30.2 Å². The van der Waals surface area contributed by atoms with Gasteiger partial charge in [0.15, 0.2) is 0 Å². The second kappa shape index (κ2) is 5.24. The lowest BCUT2D eigenvalue weighted by Gasteiger charge is -2.11. The van der Waals surface area contributed by atoms with Crippen molar-refractivity contribution >= 4 is 10.0 Å². The van der Waals surface area contributed by atoms with Crippen molar-refractivity contribution in [3.63, 3.8) is 0 Å². The van der Waals surface area contributed by atoms with Crippen LogP contribution in [0.25, 0.3) is 0 Å². The number of imidazole rings is 1. The average molecular weight is 232 g/mol. The second-order valence-corrected chi connectivity index (χ2v) is 5.47. The van der Waals surface area contributed by atoms with Crippen LogP contribution in [0.15, 0.2) is 18.7 Å². The Kier molecular flexibility index (Phi) is 4.25. The highest BCUT2D eigenvalue weighted by Crippen LogP contribution is 1.95. The summed E-state index contributed by atoms with van der Waals surface area (Å²) in [5.74, 6) is 0. The summed E-state index contributed by atoms with van der Waals surface area (Å²) in [5.41, 5.74) is 5.29. The molecule has 0 aromatic carbocycles. The van der Waals surface area contributed by atoms with Crippen molar-refractivity contribution in [1.82, 2.24) is 14.3 Å². The third-order valence-corrected chi connectivity index (χ3v) is 3.95. The molecule has 86 valence electrons. The molecule has 0 aliphatic rings. The molecule has 0 bridgehead atoms. The first-order chi connectivity index (χ1) is 7.06. The molecule has 0 saturated carbocycles. The normalized spacial score (nSPS) is 14.0. The van der Waals surface area contributed by atoms with Crippen molar-refractivity contribution < 1.29 is 8.42 Å². The average Bonchev–Trinajstić information content (AvgIpc) is 2.69. The summed E-state index contributed by atoms with van der Waals surface area (Å²) in [7, 11) is -3.27. The molecule has 1 aromatic heterocycles. The van der Waals surface area contributed by atoms with E-state index in [9.17, 15) is 8.42 Å². The quantitative estimate of drug-likeness (QED) is 0.668. The molecule has 0 fully saturated rings. The van der Waals surface area contributed by atoms with Gasteiger partial charge in [0.25, 0.3) is 0 Å². The van der Waals surface area contributed by atoms with Crippen molar-refractivity contribution in [2.45, 2.75) is 18.7 Å². The molecule has 1 heterocycles. The molecule has 7 heteroatoms. The summed E-state index contributed by atoms with van der Waals surface area (Å²) in [4.78, 5) is 3.85. The summed E-state index contributed by atoms with van der Waals surface area (Å²) in [5, 5.41) is -0.555. The highest BCUT2D eigenvalue weighted by atomic mass is 32.2. The van der Waals surface area contributed by atoms with Crippen molar-refractivity contribution in [3.05, 3.63) is 18.7 Å². The fourth-order valence-corrected chi connectivity index (χ4v) is 1.92. The molecule has 1 aromatic rings. The number of nitrogens with zero attached hydrogens (tertiary/aromatic N) is 2. The third-order valence-electron chi connectivity index (χ3n) is 2.09. The van der Waals surface area contributed by atoms with E-state index >= 15 is 0 Å². The van der Waals surface area contributed by atoms with Gasteiger partial charge in [-0.2, -0.15) is 0 Å². The molecule has 1 atom stereocenters. The fraction of sp³-hybridized carbons (Fsp3) is 0.625. The number of nitrogens with one attached hydrogen (secondary N) is 1. The molecule has 0 amide bonds. The van der Waals surface area contributed by atoms with Crippen molar-refractivity contribution in [3.8, 4) is 0 Å². The van der Waals surface area contributed by atoms with E-state index in [1.165, 1.54) is 0 Å². The van der Waals surface area contributed by atoms with Crippen LogP contribution in [0, 0.1) is 0 Å². The summed E-state index contributed by atoms with van der Waals surface area (Å²) < 4.78 is 27.2. The van der Waals surface area contributed by atoms with Crippen LogP contribution in [0.2, 0.25) is 0 Å². The van der Waals surface area contributed by atoms with Crippen LogP contribution in [0.5, 0.6) is 0 Å². The van der Waals surface area contributed by atoms with E-state index in [0.29, 0.717) is 13.1 Å². The number of nitrogens with two attached hydrogens (primary N) is 1. The minimum atomic E-state index is -3.27. The van der Waals surface area contributed by atoms with Gasteiger partial charge in [-0.1, -0.05) is 0 Å². The van der Waals surface area contributed by atoms with E-state index < -0.39 is 15.3 Å². The molecule has 1 rings (SSSR count). The zero-order valence-electron chi connectivity index (χ0n) is 8.63. The Morgan fingerprint density at radius 3 is 2.87 bits per heavy atom. The van der Waals surface area contributed by atoms with Crippen molar-refractivity contribution in [1.29, 1.82) is 0 Å². The maximum Gasteiger partial charge on any atom is 0.215 e. The second-order valence-electron chi connectivity index (χ2n) is 3.29. The van der Waals surface area contributed by atoms with Crippen molar-refractivity contribution in [2.24, 2.45) is 5.73 Å². The lowest BCUT2D eigenvalue weighted by atomic mass is 10.5. The molecule has 0 aliphatic heterocycles. The van der Waals surface area contributed by atoms with Gasteiger partial charge in [0, 0.05) is 32.0 Å². The van der Waals surface area contributed by atoms with Crippen LogP contribution < -0.4 is 10.5 Å². The molecule has 0 spiro atoms. The number of aromatic nitrogens is 2. The standard InChI is InChI=1S/C8H16N4O2S/c1-8(6-9)15(13,14)11-3-5-12-4-2-10-7-12/h2,4,7-8,11H,3,5-6,9H2,1H3. The molecular weight excluding hydrogens is 216 g/mol. The highest BCUT2D eigenvalue weighted by Gasteiger charge is 2.17. The Morgan fingerprint density at radius 1 is 1.60 bits per heavy atom. The molecule has 3 N–H and O–H groups in total. The van der Waals surface area contributed by atoms with E-state index in [4.69, 9.17) is 5.73 Å². The first-order valence-electron chi connectivity index (χ1n) is 4.70. The minimum Gasteiger partial charge on any atom is -0.336 e. The minimum absolute atomic E-state index is 0.125. The predicted molar refractivity (Wildman–Crippen MR) is 57.7 cm³/mol. The zero-order valence-corrected chi connectivity index (χ0v) is 9.44. The van der Waals surface area contributed by atoms with Crippen LogP contribution in [0.1, 0.15) is 6.92 Å². The first-order valence-corrected chi connectivity index (χ1v) is 6.25. The number of rotatable bonds is 6. The monoisotopic (exact) mass is 232 g/mol. The van der Waals surface area contributed by atoms with Gasteiger partial charge in [0.2, 0.25) is 10.0 Å². The number of hydrogen-bond acceptors (Lipinski definition) is 4. The summed E-state index contributed by atoms with van der Waals surface area (Å²) in [6, 6.07) is 0. The molecule has 0 radical (unpaired) electrons. The number of sulfonamides is 1. The Hall–Kier alpha value is -0.920. The number of hydrogen-bond donors (Lipinski definition) is 2. The SMILES string of the molecule is CC(CN)S(=O)(=O)NCCn1ccnc1. The molecule has 15 heavy (non-hydrogen) atoms. The van der Waals surface area contributed by atoms with Gasteiger partial charge in [-0.05, 0) is 6.92 Å². The lowest BCUT2D eigenvalue weighted by molar-refractivity contribution is 0.561. The Morgan fingerprint density at radius 2 is 2.33 bits per heavy atom. The molecule has 0 aliphatic carbocycles. The largest absolute Gasteiger partial charge is 0.336 e. The van der Waals surface area contributed by atoms with Crippen LogP contribution in [-0.4, -0.2) is 36.3 Å². The molecule has 1 unspecified atom stereocenters. The van der Waals surface area contributed by atoms with Gasteiger partial charge in [0.1, 0.15) is 0 Å². The molecule has 0 saturated heterocycles. The van der Waals surface area contributed by atoms with Gasteiger partial charge >= 0.3 is 0 Å². The smallest absolute Gasteiger partial charge is 0.215 e. The van der Waals surface area contributed by atoms with Gasteiger partial charge in [0.05, 0.1) is 11.6 Å². The summed E-state index contributed by atoms with van der Waals surface area (Å²) >= 11 is 0. The Bertz CT molecular complexity index is 373. The van der Waals surface area contributed by atoms with Crippen molar-refractivity contribution in [2.75, 3.05) is 13.1 Å². The van der Waals surface area contributed by atoms with E-state index in [2.05, 4.69) is 9.71 Å². The molecular formula is C8H16N4O2S. The maximum atomic E-state index is 11.5. The van der Waals surface area contributed by atoms with Gasteiger partial charge < -0.3 is 10.3 Å². The van der Waals surface area contributed by atoms with E-state index in [0.717, 1.165) is 0 Å². The summed E-state index contributed by atoms with van der Waals surface area (Å²) in [6.45, 7) is 2.62. The van der Waals surface area contributed by atoms with Crippen LogP contribution >= 0.6 is 0 Å². The summed E-state index contributed by atoms with van der Waals surface area (Å²) in [6.07, 6.45) is 5.07. The van der Waals surface area contributed by atoms with Crippen LogP contribution in [-0.2, 0) is 16.6 Å². The topological polar surface area (TPSA) is 90.0 Å². The van der Waals surface area contributed by atoms with Crippen LogP contribution in [0.3, 0.4) is 0 Å². The zero-order chi connectivity index (χ0) is 11.3. The highest BCUT2D eigenvalue weighted by molar-refractivity contribution is 7.90. The lowest BCUT2D eigenvalue weighted by Crippen LogP contribution is -2.38. The Labute approximate surface area is 89.5 Å². The van der Waals surface area contributed by atoms with Gasteiger partial charge in [-0.25, -0.2) is 18.1 Å². The molecule has 6 nitrogen and oxygen atoms in total. The predicted octanol–water partition coefficient (Wildman–Crippen LogP) is -0.850. The van der Waals surface area contributed by atoms with E-state index in [-0.39, 0.29) is 6.54 Å². The van der Waals surface area contributed by atoms with Gasteiger partial charge in [-0.15, -0.1) is 0 Å².